The van der Waals surface area contributed by atoms with Crippen molar-refractivity contribution in [1.29, 1.82) is 0 Å². The van der Waals surface area contributed by atoms with Gasteiger partial charge in [0, 0.05) is 18.9 Å². The first-order chi connectivity index (χ1) is 7.92. The number of imidazole rings is 1. The summed E-state index contributed by atoms with van der Waals surface area (Å²) in [5, 5.41) is 3.39. The van der Waals surface area contributed by atoms with Crippen LogP contribution in [0.1, 0.15) is 12.8 Å². The molecule has 2 aromatic rings. The number of nitrogens with one attached hydrogen (secondary N) is 1. The van der Waals surface area contributed by atoms with Crippen molar-refractivity contribution in [2.45, 2.75) is 12.8 Å². The van der Waals surface area contributed by atoms with Crippen LogP contribution in [0.2, 0.25) is 0 Å². The molecule has 4 nitrogen and oxygen atoms in total. The van der Waals surface area contributed by atoms with Crippen molar-refractivity contribution in [3.05, 3.63) is 37.1 Å². The van der Waals surface area contributed by atoms with Crippen molar-refractivity contribution < 1.29 is 0 Å². The van der Waals surface area contributed by atoms with E-state index in [9.17, 15) is 0 Å². The third kappa shape index (κ3) is 2.05. The summed E-state index contributed by atoms with van der Waals surface area (Å²) in [5.74, 6) is 1.78. The molecule has 0 unspecified atom stereocenters. The number of nitrogens with zero attached hydrogens (tertiary/aromatic N) is 3. The summed E-state index contributed by atoms with van der Waals surface area (Å²) in [7, 11) is 0. The minimum atomic E-state index is 0.883. The number of hydrogen-bond acceptors (Lipinski definition) is 3. The second kappa shape index (κ2) is 3.96. The molecule has 16 heavy (non-hydrogen) atoms. The quantitative estimate of drug-likeness (QED) is 0.847. The first-order valence-electron chi connectivity index (χ1n) is 5.60. The number of aromatic nitrogens is 3. The molecule has 0 atom stereocenters. The Morgan fingerprint density at radius 1 is 1.38 bits per heavy atom. The normalized spacial score (nSPS) is 15.0. The molecule has 1 aliphatic carbocycles. The maximum Gasteiger partial charge on any atom is 0.137 e. The van der Waals surface area contributed by atoms with Gasteiger partial charge < -0.3 is 5.32 Å². The van der Waals surface area contributed by atoms with E-state index in [0.29, 0.717) is 0 Å². The van der Waals surface area contributed by atoms with Crippen LogP contribution in [0, 0.1) is 5.92 Å². The maximum absolute atomic E-state index is 4.38. The van der Waals surface area contributed by atoms with E-state index in [1.807, 2.05) is 23.0 Å². The molecule has 1 N–H and O–H groups in total. The topological polar surface area (TPSA) is 42.7 Å². The predicted octanol–water partition coefficient (Wildman–Crippen LogP) is 2.09. The minimum absolute atomic E-state index is 0.883. The highest BCUT2D eigenvalue weighted by molar-refractivity contribution is 5.43. The van der Waals surface area contributed by atoms with Crippen LogP contribution in [0.5, 0.6) is 0 Å². The summed E-state index contributed by atoms with van der Waals surface area (Å²) in [6.07, 6.45) is 10.00. The van der Waals surface area contributed by atoms with Crippen LogP contribution in [0.3, 0.4) is 0 Å². The van der Waals surface area contributed by atoms with Gasteiger partial charge in [-0.15, -0.1) is 0 Å². The van der Waals surface area contributed by atoms with Gasteiger partial charge in [-0.05, 0) is 30.9 Å². The molecule has 1 saturated carbocycles. The largest absolute Gasteiger partial charge is 0.384 e. The minimum Gasteiger partial charge on any atom is -0.384 e. The highest BCUT2D eigenvalue weighted by Gasteiger charge is 2.20. The van der Waals surface area contributed by atoms with E-state index in [1.54, 1.807) is 12.5 Å². The molecule has 0 amide bonds. The first kappa shape index (κ1) is 9.39. The van der Waals surface area contributed by atoms with E-state index in [-0.39, 0.29) is 0 Å². The molecule has 0 radical (unpaired) electrons. The van der Waals surface area contributed by atoms with Crippen LogP contribution in [0.15, 0.2) is 37.1 Å². The van der Waals surface area contributed by atoms with Gasteiger partial charge in [-0.25, -0.2) is 9.97 Å². The highest BCUT2D eigenvalue weighted by atomic mass is 15.1. The zero-order chi connectivity index (χ0) is 10.8. The van der Waals surface area contributed by atoms with E-state index < -0.39 is 0 Å². The molecule has 0 bridgehead atoms. The lowest BCUT2D eigenvalue weighted by Gasteiger charge is -2.06. The van der Waals surface area contributed by atoms with Crippen molar-refractivity contribution in [2.75, 3.05) is 11.9 Å². The fourth-order valence-corrected chi connectivity index (χ4v) is 1.62. The lowest BCUT2D eigenvalue weighted by molar-refractivity contribution is 0.887. The average molecular weight is 214 g/mol. The smallest absolute Gasteiger partial charge is 0.137 e. The van der Waals surface area contributed by atoms with Gasteiger partial charge in [0.2, 0.25) is 0 Å². The fourth-order valence-electron chi connectivity index (χ4n) is 1.62. The van der Waals surface area contributed by atoms with E-state index in [2.05, 4.69) is 21.4 Å². The zero-order valence-electron chi connectivity index (χ0n) is 9.00. The molecular formula is C12H14N4. The fraction of sp³-hybridized carbons (Fsp3) is 0.333. The van der Waals surface area contributed by atoms with Crippen molar-refractivity contribution in [1.82, 2.24) is 14.5 Å². The first-order valence-corrected chi connectivity index (χ1v) is 5.60. The van der Waals surface area contributed by atoms with Gasteiger partial charge in [0.1, 0.15) is 12.1 Å². The van der Waals surface area contributed by atoms with Crippen LogP contribution in [-0.4, -0.2) is 21.1 Å². The Morgan fingerprint density at radius 2 is 2.31 bits per heavy atom. The van der Waals surface area contributed by atoms with Gasteiger partial charge in [-0.1, -0.05) is 0 Å². The van der Waals surface area contributed by atoms with Crippen molar-refractivity contribution in [3.8, 4) is 5.82 Å². The van der Waals surface area contributed by atoms with E-state index in [1.165, 1.54) is 12.8 Å². The molecule has 4 heteroatoms. The van der Waals surface area contributed by atoms with Gasteiger partial charge in [0.15, 0.2) is 0 Å². The number of pyridine rings is 1. The van der Waals surface area contributed by atoms with Gasteiger partial charge >= 0.3 is 0 Å². The molecule has 2 aromatic heterocycles. The standard InChI is InChI=1S/C12H14N4/c1-2-10(1)7-14-11-3-4-12(15-8-11)16-6-5-13-9-16/h3-6,8-10,14H,1-2,7H2. The number of rotatable bonds is 4. The highest BCUT2D eigenvalue weighted by Crippen LogP contribution is 2.28. The molecule has 2 heterocycles. The van der Waals surface area contributed by atoms with Crippen LogP contribution in [0.25, 0.3) is 5.82 Å². The van der Waals surface area contributed by atoms with Crippen LogP contribution in [0.4, 0.5) is 5.69 Å². The summed E-state index contributed by atoms with van der Waals surface area (Å²) in [5.41, 5.74) is 1.09. The summed E-state index contributed by atoms with van der Waals surface area (Å²) < 4.78 is 1.89. The molecule has 82 valence electrons. The van der Waals surface area contributed by atoms with Crippen molar-refractivity contribution >= 4 is 5.69 Å². The van der Waals surface area contributed by atoms with Crippen molar-refractivity contribution in [3.63, 3.8) is 0 Å². The Balaban J connectivity index is 1.69. The molecule has 0 saturated heterocycles. The second-order valence-corrected chi connectivity index (χ2v) is 4.20. The molecule has 3 rings (SSSR count). The predicted molar refractivity (Wildman–Crippen MR) is 62.6 cm³/mol. The Bertz CT molecular complexity index is 442. The Morgan fingerprint density at radius 3 is 2.94 bits per heavy atom. The van der Waals surface area contributed by atoms with Gasteiger partial charge in [-0.2, -0.15) is 0 Å². The summed E-state index contributed by atoms with van der Waals surface area (Å²) in [6.45, 7) is 1.08. The summed E-state index contributed by atoms with van der Waals surface area (Å²) >= 11 is 0. The molecule has 1 aliphatic rings. The van der Waals surface area contributed by atoms with Crippen LogP contribution >= 0.6 is 0 Å². The Kier molecular flexibility index (Phi) is 2.33. The molecule has 0 aliphatic heterocycles. The monoisotopic (exact) mass is 214 g/mol. The van der Waals surface area contributed by atoms with Gasteiger partial charge in [-0.3, -0.25) is 4.57 Å². The van der Waals surface area contributed by atoms with Crippen LogP contribution < -0.4 is 5.32 Å². The zero-order valence-corrected chi connectivity index (χ0v) is 9.00. The lowest BCUT2D eigenvalue weighted by atomic mass is 10.3. The van der Waals surface area contributed by atoms with Gasteiger partial charge in [0.05, 0.1) is 11.9 Å². The average Bonchev–Trinajstić information content (AvgIpc) is 3.00. The third-order valence-electron chi connectivity index (χ3n) is 2.81. The Labute approximate surface area is 94.4 Å². The second-order valence-electron chi connectivity index (χ2n) is 4.20. The van der Waals surface area contributed by atoms with E-state index >= 15 is 0 Å². The van der Waals surface area contributed by atoms with Gasteiger partial charge in [0.25, 0.3) is 0 Å². The molecule has 0 spiro atoms. The number of hydrogen-bond donors (Lipinski definition) is 1. The SMILES string of the molecule is c1cn(-c2ccc(NCC3CC3)cn2)cn1. The number of anilines is 1. The third-order valence-corrected chi connectivity index (χ3v) is 2.81. The van der Waals surface area contributed by atoms with Crippen molar-refractivity contribution in [2.24, 2.45) is 5.92 Å². The van der Waals surface area contributed by atoms with Crippen LogP contribution in [-0.2, 0) is 0 Å². The molecule has 1 fully saturated rings. The Hall–Kier alpha value is -1.84. The lowest BCUT2D eigenvalue weighted by Crippen LogP contribution is -2.04. The van der Waals surface area contributed by atoms with E-state index in [4.69, 9.17) is 0 Å². The maximum atomic E-state index is 4.38. The molecular weight excluding hydrogens is 200 g/mol. The van der Waals surface area contributed by atoms with E-state index in [0.717, 1.165) is 24.0 Å². The summed E-state index contributed by atoms with van der Waals surface area (Å²) in [4.78, 5) is 8.38. The summed E-state index contributed by atoms with van der Waals surface area (Å²) in [6, 6.07) is 4.06. The molecule has 0 aromatic carbocycles.